The van der Waals surface area contributed by atoms with E-state index in [0.717, 1.165) is 23.5 Å². The third-order valence-electron chi connectivity index (χ3n) is 4.62. The molecule has 0 saturated carbocycles. The Kier molecular flexibility index (Phi) is 6.33. The van der Waals surface area contributed by atoms with Gasteiger partial charge in [0.05, 0.1) is 30.6 Å². The van der Waals surface area contributed by atoms with Crippen molar-refractivity contribution >= 4 is 56.9 Å². The lowest BCUT2D eigenvalue weighted by Gasteiger charge is -2.25. The average Bonchev–Trinajstić information content (AvgIpc) is 3.37. The van der Waals surface area contributed by atoms with Crippen LogP contribution in [0.4, 0.5) is 10.8 Å². The second-order valence-electron chi connectivity index (χ2n) is 6.71. The van der Waals surface area contributed by atoms with E-state index in [1.807, 2.05) is 5.38 Å². The Morgan fingerprint density at radius 2 is 2.17 bits per heavy atom. The van der Waals surface area contributed by atoms with Crippen molar-refractivity contribution < 1.29 is 14.3 Å². The minimum atomic E-state index is -0.158. The molecule has 2 N–H and O–H groups in total. The Balaban J connectivity index is 1.36. The maximum Gasteiger partial charge on any atom is 0.258 e. The Morgan fingerprint density at radius 1 is 1.30 bits per heavy atom. The number of ether oxygens (including phenoxy) is 1. The predicted octanol–water partition coefficient (Wildman–Crippen LogP) is 4.12. The van der Waals surface area contributed by atoms with Crippen molar-refractivity contribution in [2.45, 2.75) is 13.0 Å². The number of nitrogens with one attached hydrogen (secondary N) is 2. The molecule has 0 bridgehead atoms. The summed E-state index contributed by atoms with van der Waals surface area (Å²) in [7, 11) is 1.55. The lowest BCUT2D eigenvalue weighted by Crippen LogP contribution is -2.36. The first-order valence-electron chi connectivity index (χ1n) is 9.19. The van der Waals surface area contributed by atoms with E-state index in [1.54, 1.807) is 36.8 Å². The summed E-state index contributed by atoms with van der Waals surface area (Å²) in [5, 5.41) is 10.5. The predicted molar refractivity (Wildman–Crippen MR) is 120 cm³/mol. The summed E-state index contributed by atoms with van der Waals surface area (Å²) in [6.07, 6.45) is 0.730. The zero-order chi connectivity index (χ0) is 21.1. The second kappa shape index (κ2) is 9.13. The molecule has 2 aromatic heterocycles. The van der Waals surface area contributed by atoms with Crippen LogP contribution in [0.1, 0.15) is 20.9 Å². The number of hydrogen-bond acceptors (Lipinski definition) is 7. The number of carbonyl (C=O) groups excluding carboxylic acids is 2. The van der Waals surface area contributed by atoms with Gasteiger partial charge in [-0.2, -0.15) is 11.3 Å². The Hall–Kier alpha value is -2.46. The van der Waals surface area contributed by atoms with Gasteiger partial charge >= 0.3 is 0 Å². The summed E-state index contributed by atoms with van der Waals surface area (Å²) in [6, 6.07) is 6.87. The van der Waals surface area contributed by atoms with Crippen LogP contribution in [0.2, 0.25) is 5.02 Å². The van der Waals surface area contributed by atoms with Crippen LogP contribution in [-0.4, -0.2) is 41.9 Å². The Labute approximate surface area is 186 Å². The lowest BCUT2D eigenvalue weighted by atomic mass is 10.2. The van der Waals surface area contributed by atoms with Gasteiger partial charge in [-0.05, 0) is 29.6 Å². The topological polar surface area (TPSA) is 83.6 Å². The summed E-state index contributed by atoms with van der Waals surface area (Å²) < 4.78 is 5.27. The van der Waals surface area contributed by atoms with Crippen LogP contribution < -0.4 is 15.4 Å². The van der Waals surface area contributed by atoms with Gasteiger partial charge in [0.1, 0.15) is 5.75 Å². The number of thiazole rings is 1. The zero-order valence-corrected chi connectivity index (χ0v) is 18.5. The molecule has 1 aliphatic heterocycles. The van der Waals surface area contributed by atoms with Gasteiger partial charge in [-0.25, -0.2) is 4.98 Å². The lowest BCUT2D eigenvalue weighted by molar-refractivity contribution is -0.117. The first-order valence-corrected chi connectivity index (χ1v) is 11.3. The molecule has 0 fully saturated rings. The molecule has 0 saturated heterocycles. The largest absolute Gasteiger partial charge is 0.495 e. The quantitative estimate of drug-likeness (QED) is 0.575. The highest BCUT2D eigenvalue weighted by molar-refractivity contribution is 7.16. The molecular formula is C20H19ClN4O3S2. The van der Waals surface area contributed by atoms with Crippen molar-refractivity contribution in [1.29, 1.82) is 0 Å². The maximum absolute atomic E-state index is 12.5. The number of halogens is 1. The number of rotatable bonds is 6. The molecule has 156 valence electrons. The standard InChI is InChI=1S/C20H19ClN4O3S2/c1-28-16-3-2-13(21)8-15(16)22-18(26)10-25-6-4-14-17(9-25)30-20(23-14)24-19(27)12-5-7-29-11-12/h2-3,5,7-8,11H,4,6,9-10H2,1H3,(H,22,26)(H,23,24,27). The fourth-order valence-electron chi connectivity index (χ4n) is 3.17. The van der Waals surface area contributed by atoms with E-state index in [2.05, 4.69) is 20.5 Å². The number of benzene rings is 1. The molecule has 7 nitrogen and oxygen atoms in total. The van der Waals surface area contributed by atoms with Gasteiger partial charge < -0.3 is 10.1 Å². The molecule has 4 rings (SSSR count). The molecule has 0 aliphatic carbocycles. The summed E-state index contributed by atoms with van der Waals surface area (Å²) in [5.41, 5.74) is 2.15. The first kappa shape index (κ1) is 20.8. The van der Waals surface area contributed by atoms with E-state index in [1.165, 1.54) is 22.7 Å². The van der Waals surface area contributed by atoms with Crippen LogP contribution in [-0.2, 0) is 17.8 Å². The minimum absolute atomic E-state index is 0.144. The van der Waals surface area contributed by atoms with Gasteiger partial charge in [0.2, 0.25) is 5.91 Å². The highest BCUT2D eigenvalue weighted by Crippen LogP contribution is 2.30. The average molecular weight is 463 g/mol. The molecule has 0 unspecified atom stereocenters. The van der Waals surface area contributed by atoms with E-state index in [0.29, 0.717) is 33.7 Å². The Morgan fingerprint density at radius 3 is 2.93 bits per heavy atom. The monoisotopic (exact) mass is 462 g/mol. The number of amides is 2. The van der Waals surface area contributed by atoms with Crippen molar-refractivity contribution in [3.63, 3.8) is 0 Å². The number of carbonyl (C=O) groups is 2. The Bertz CT molecular complexity index is 1070. The molecule has 2 amide bonds. The van der Waals surface area contributed by atoms with E-state index in [4.69, 9.17) is 16.3 Å². The van der Waals surface area contributed by atoms with E-state index in [9.17, 15) is 9.59 Å². The third kappa shape index (κ3) is 4.81. The molecule has 0 atom stereocenters. The van der Waals surface area contributed by atoms with Gasteiger partial charge in [-0.15, -0.1) is 11.3 Å². The van der Waals surface area contributed by atoms with Crippen molar-refractivity contribution in [3.05, 3.63) is 56.2 Å². The molecule has 3 heterocycles. The second-order valence-corrected chi connectivity index (χ2v) is 9.01. The van der Waals surface area contributed by atoms with Crippen molar-refractivity contribution in [3.8, 4) is 5.75 Å². The summed E-state index contributed by atoms with van der Waals surface area (Å²) in [4.78, 5) is 32.4. The molecule has 1 aliphatic rings. The number of hydrogen-bond donors (Lipinski definition) is 2. The first-order chi connectivity index (χ1) is 14.5. The molecule has 0 radical (unpaired) electrons. The van der Waals surface area contributed by atoms with Gasteiger partial charge in [-0.3, -0.25) is 19.8 Å². The number of thiophene rings is 1. The summed E-state index contributed by atoms with van der Waals surface area (Å²) in [6.45, 7) is 1.57. The maximum atomic E-state index is 12.5. The van der Waals surface area contributed by atoms with Gasteiger partial charge in [0, 0.05) is 34.8 Å². The number of fused-ring (bicyclic) bond motifs is 1. The van der Waals surface area contributed by atoms with Crippen LogP contribution in [0.3, 0.4) is 0 Å². The fraction of sp³-hybridized carbons (Fsp3) is 0.250. The van der Waals surface area contributed by atoms with Gasteiger partial charge in [0.25, 0.3) is 5.91 Å². The van der Waals surface area contributed by atoms with Gasteiger partial charge in [0.15, 0.2) is 5.13 Å². The van der Waals surface area contributed by atoms with Crippen molar-refractivity contribution in [2.75, 3.05) is 30.8 Å². The van der Waals surface area contributed by atoms with Crippen LogP contribution in [0.15, 0.2) is 35.0 Å². The SMILES string of the molecule is COc1ccc(Cl)cc1NC(=O)CN1CCc2nc(NC(=O)c3ccsc3)sc2C1. The minimum Gasteiger partial charge on any atom is -0.495 e. The number of nitrogens with zero attached hydrogens (tertiary/aromatic N) is 2. The van der Waals surface area contributed by atoms with Crippen molar-refractivity contribution in [2.24, 2.45) is 0 Å². The summed E-state index contributed by atoms with van der Waals surface area (Å²) >= 11 is 8.96. The smallest absolute Gasteiger partial charge is 0.258 e. The highest BCUT2D eigenvalue weighted by Gasteiger charge is 2.23. The van der Waals surface area contributed by atoms with Crippen molar-refractivity contribution in [1.82, 2.24) is 9.88 Å². The van der Waals surface area contributed by atoms with E-state index < -0.39 is 0 Å². The fourth-order valence-corrected chi connectivity index (χ4v) is 5.02. The van der Waals surface area contributed by atoms with Crippen LogP contribution in [0.5, 0.6) is 5.75 Å². The zero-order valence-electron chi connectivity index (χ0n) is 16.1. The molecule has 10 heteroatoms. The molecule has 0 spiro atoms. The van der Waals surface area contributed by atoms with Crippen LogP contribution in [0.25, 0.3) is 0 Å². The van der Waals surface area contributed by atoms with E-state index in [-0.39, 0.29) is 18.4 Å². The molecule has 1 aromatic carbocycles. The number of anilines is 2. The highest BCUT2D eigenvalue weighted by atomic mass is 35.5. The number of aromatic nitrogens is 1. The molecular weight excluding hydrogens is 444 g/mol. The summed E-state index contributed by atoms with van der Waals surface area (Å²) in [5.74, 6) is 0.255. The van der Waals surface area contributed by atoms with E-state index >= 15 is 0 Å². The van der Waals surface area contributed by atoms with Crippen LogP contribution >= 0.6 is 34.3 Å². The molecule has 30 heavy (non-hydrogen) atoms. The van der Waals surface area contributed by atoms with Crippen LogP contribution in [0, 0.1) is 0 Å². The number of methoxy groups -OCH3 is 1. The normalized spacial score (nSPS) is 13.5. The molecule has 3 aromatic rings. The third-order valence-corrected chi connectivity index (χ3v) is 6.53. The van der Waals surface area contributed by atoms with Gasteiger partial charge in [-0.1, -0.05) is 11.6 Å².